The SMILES string of the molecule is O=C(Nc1nc([C@H]2C[C@@H](O)CN2c2ccccc2)cs1)c1cccn1Cc1ccncc1. The molecule has 0 bridgehead atoms. The van der Waals surface area contributed by atoms with Crippen molar-refractivity contribution in [1.82, 2.24) is 14.5 Å². The molecule has 4 aromatic rings. The van der Waals surface area contributed by atoms with E-state index in [0.29, 0.717) is 30.3 Å². The topological polar surface area (TPSA) is 83.3 Å². The van der Waals surface area contributed by atoms with E-state index < -0.39 is 6.10 Å². The van der Waals surface area contributed by atoms with Gasteiger partial charge in [0.25, 0.3) is 5.91 Å². The number of thiazole rings is 1. The molecule has 1 amide bonds. The number of anilines is 2. The van der Waals surface area contributed by atoms with Gasteiger partial charge in [0.05, 0.1) is 17.8 Å². The fourth-order valence-electron chi connectivity index (χ4n) is 4.10. The molecule has 0 unspecified atom stereocenters. The van der Waals surface area contributed by atoms with Crippen LogP contribution in [0.25, 0.3) is 0 Å². The van der Waals surface area contributed by atoms with Crippen molar-refractivity contribution in [3.05, 3.63) is 95.5 Å². The van der Waals surface area contributed by atoms with E-state index in [9.17, 15) is 9.90 Å². The summed E-state index contributed by atoms with van der Waals surface area (Å²) in [6, 6.07) is 17.5. The molecule has 1 saturated heterocycles. The van der Waals surface area contributed by atoms with Crippen LogP contribution in [0.2, 0.25) is 0 Å². The summed E-state index contributed by atoms with van der Waals surface area (Å²) in [7, 11) is 0. The van der Waals surface area contributed by atoms with Crippen molar-refractivity contribution in [2.75, 3.05) is 16.8 Å². The number of para-hydroxylation sites is 1. The second-order valence-corrected chi connectivity index (χ2v) is 8.66. The highest BCUT2D eigenvalue weighted by molar-refractivity contribution is 7.14. The molecule has 4 heterocycles. The van der Waals surface area contributed by atoms with Crippen LogP contribution in [0.3, 0.4) is 0 Å². The number of hydrogen-bond donors (Lipinski definition) is 2. The molecule has 8 heteroatoms. The number of hydrogen-bond acceptors (Lipinski definition) is 6. The van der Waals surface area contributed by atoms with Crippen molar-refractivity contribution in [3.8, 4) is 0 Å². The molecule has 1 aromatic carbocycles. The van der Waals surface area contributed by atoms with Crippen LogP contribution in [0, 0.1) is 0 Å². The van der Waals surface area contributed by atoms with Gasteiger partial charge < -0.3 is 14.6 Å². The molecule has 32 heavy (non-hydrogen) atoms. The van der Waals surface area contributed by atoms with Crippen LogP contribution in [0.1, 0.15) is 34.2 Å². The predicted octanol–water partition coefficient (Wildman–Crippen LogP) is 3.95. The molecule has 2 atom stereocenters. The van der Waals surface area contributed by atoms with E-state index in [4.69, 9.17) is 0 Å². The molecule has 2 N–H and O–H groups in total. The van der Waals surface area contributed by atoms with Gasteiger partial charge in [-0.05, 0) is 42.0 Å². The van der Waals surface area contributed by atoms with Crippen molar-refractivity contribution in [1.29, 1.82) is 0 Å². The van der Waals surface area contributed by atoms with Crippen molar-refractivity contribution in [2.45, 2.75) is 25.1 Å². The molecule has 162 valence electrons. The van der Waals surface area contributed by atoms with Crippen molar-refractivity contribution in [3.63, 3.8) is 0 Å². The molecule has 1 fully saturated rings. The quantitative estimate of drug-likeness (QED) is 0.470. The summed E-state index contributed by atoms with van der Waals surface area (Å²) < 4.78 is 1.91. The van der Waals surface area contributed by atoms with Gasteiger partial charge in [0, 0.05) is 49.2 Å². The van der Waals surface area contributed by atoms with Crippen LogP contribution in [0.15, 0.2) is 78.6 Å². The lowest BCUT2D eigenvalue weighted by Gasteiger charge is -2.25. The Morgan fingerprint density at radius 1 is 1.12 bits per heavy atom. The number of carbonyl (C=O) groups is 1. The van der Waals surface area contributed by atoms with Crippen LogP contribution >= 0.6 is 11.3 Å². The Bertz CT molecular complexity index is 1190. The maximum Gasteiger partial charge on any atom is 0.274 e. The number of rotatable bonds is 6. The Kier molecular flexibility index (Phi) is 5.70. The number of pyridine rings is 1. The lowest BCUT2D eigenvalue weighted by Crippen LogP contribution is -2.24. The highest BCUT2D eigenvalue weighted by Crippen LogP contribution is 2.37. The number of amides is 1. The molecular weight excluding hydrogens is 422 g/mol. The molecule has 7 nitrogen and oxygen atoms in total. The van der Waals surface area contributed by atoms with E-state index in [1.165, 1.54) is 11.3 Å². The van der Waals surface area contributed by atoms with E-state index in [2.05, 4.69) is 20.2 Å². The molecule has 5 rings (SSSR count). The molecule has 3 aromatic heterocycles. The summed E-state index contributed by atoms with van der Waals surface area (Å²) in [6.45, 7) is 1.16. The molecule has 0 spiro atoms. The van der Waals surface area contributed by atoms with E-state index >= 15 is 0 Å². The van der Waals surface area contributed by atoms with Gasteiger partial charge in [-0.2, -0.15) is 0 Å². The predicted molar refractivity (Wildman–Crippen MR) is 125 cm³/mol. The van der Waals surface area contributed by atoms with Gasteiger partial charge in [-0.25, -0.2) is 4.98 Å². The number of aromatic nitrogens is 3. The lowest BCUT2D eigenvalue weighted by molar-refractivity contribution is 0.101. The molecular formula is C24H23N5O2S. The number of nitrogens with one attached hydrogen (secondary N) is 1. The fraction of sp³-hybridized carbons (Fsp3) is 0.208. The summed E-state index contributed by atoms with van der Waals surface area (Å²) in [5, 5.41) is 15.7. The number of nitrogens with zero attached hydrogens (tertiary/aromatic N) is 4. The Balaban J connectivity index is 1.31. The van der Waals surface area contributed by atoms with Gasteiger partial charge in [-0.15, -0.1) is 11.3 Å². The second kappa shape index (κ2) is 8.94. The van der Waals surface area contributed by atoms with Gasteiger partial charge >= 0.3 is 0 Å². The van der Waals surface area contributed by atoms with Crippen LogP contribution < -0.4 is 10.2 Å². The number of carbonyl (C=O) groups excluding carboxylic acids is 1. The Morgan fingerprint density at radius 2 is 1.94 bits per heavy atom. The molecule has 0 saturated carbocycles. The number of aliphatic hydroxyl groups excluding tert-OH is 1. The minimum atomic E-state index is -0.406. The largest absolute Gasteiger partial charge is 0.391 e. The zero-order valence-corrected chi connectivity index (χ0v) is 18.2. The summed E-state index contributed by atoms with van der Waals surface area (Å²) in [4.78, 5) is 23.8. The van der Waals surface area contributed by atoms with Crippen LogP contribution in [0.4, 0.5) is 10.8 Å². The summed E-state index contributed by atoms with van der Waals surface area (Å²) >= 11 is 1.40. The van der Waals surface area contributed by atoms with Crippen LogP contribution in [-0.4, -0.2) is 38.2 Å². The first-order chi connectivity index (χ1) is 15.7. The Morgan fingerprint density at radius 3 is 2.75 bits per heavy atom. The molecule has 0 aliphatic carbocycles. The monoisotopic (exact) mass is 445 g/mol. The average molecular weight is 446 g/mol. The third kappa shape index (κ3) is 4.28. The van der Waals surface area contributed by atoms with Crippen LogP contribution in [-0.2, 0) is 6.54 Å². The highest BCUT2D eigenvalue weighted by Gasteiger charge is 2.33. The first-order valence-corrected chi connectivity index (χ1v) is 11.4. The number of benzene rings is 1. The smallest absolute Gasteiger partial charge is 0.274 e. The van der Waals surface area contributed by atoms with E-state index in [-0.39, 0.29) is 11.9 Å². The van der Waals surface area contributed by atoms with Crippen LogP contribution in [0.5, 0.6) is 0 Å². The summed E-state index contributed by atoms with van der Waals surface area (Å²) in [5.41, 5.74) is 3.56. The normalized spacial score (nSPS) is 18.1. The van der Waals surface area contributed by atoms with Gasteiger partial charge in [0.2, 0.25) is 0 Å². The van der Waals surface area contributed by atoms with Crippen molar-refractivity contribution < 1.29 is 9.90 Å². The van der Waals surface area contributed by atoms with Gasteiger partial charge in [-0.1, -0.05) is 18.2 Å². The first-order valence-electron chi connectivity index (χ1n) is 10.5. The zero-order valence-electron chi connectivity index (χ0n) is 17.3. The van der Waals surface area contributed by atoms with Crippen molar-refractivity contribution >= 4 is 28.1 Å². The van der Waals surface area contributed by atoms with Gasteiger partial charge in [0.15, 0.2) is 5.13 Å². The number of β-amino-alcohol motifs (C(OH)–C–C–N with tert-alkyl or cyclic N) is 1. The third-order valence-corrected chi connectivity index (χ3v) is 6.39. The maximum absolute atomic E-state index is 12.9. The highest BCUT2D eigenvalue weighted by atomic mass is 32.1. The van der Waals surface area contributed by atoms with E-state index in [1.54, 1.807) is 18.5 Å². The standard InChI is InChI=1S/C24H23N5O2S/c30-19-13-22(29(15-19)18-5-2-1-3-6-18)20-16-32-24(26-20)27-23(31)21-7-4-12-28(21)14-17-8-10-25-11-9-17/h1-12,16,19,22,30H,13-15H2,(H,26,27,31)/t19-,22-/m1/s1. The number of aliphatic hydroxyl groups is 1. The van der Waals surface area contributed by atoms with E-state index in [0.717, 1.165) is 16.9 Å². The molecule has 1 aliphatic rings. The molecule has 1 aliphatic heterocycles. The van der Waals surface area contributed by atoms with E-state index in [1.807, 2.05) is 64.7 Å². The summed E-state index contributed by atoms with van der Waals surface area (Å²) in [5.74, 6) is -0.198. The second-order valence-electron chi connectivity index (χ2n) is 7.80. The minimum Gasteiger partial charge on any atom is -0.391 e. The lowest BCUT2D eigenvalue weighted by atomic mass is 10.1. The zero-order chi connectivity index (χ0) is 21.9. The minimum absolute atomic E-state index is 0.0233. The maximum atomic E-state index is 12.9. The van der Waals surface area contributed by atoms with Gasteiger partial charge in [0.1, 0.15) is 5.69 Å². The van der Waals surface area contributed by atoms with Crippen molar-refractivity contribution in [2.24, 2.45) is 0 Å². The first kappa shape index (κ1) is 20.4. The Hall–Kier alpha value is -3.49. The fourth-order valence-corrected chi connectivity index (χ4v) is 4.85. The molecule has 0 radical (unpaired) electrons. The average Bonchev–Trinajstić information content (AvgIpc) is 3.55. The third-order valence-electron chi connectivity index (χ3n) is 5.62. The summed E-state index contributed by atoms with van der Waals surface area (Å²) in [6.07, 6.45) is 5.58. The van der Waals surface area contributed by atoms with Gasteiger partial charge in [-0.3, -0.25) is 15.1 Å². The Labute approximate surface area is 190 Å².